The van der Waals surface area contributed by atoms with Crippen LogP contribution in [0.5, 0.6) is 0 Å². The van der Waals surface area contributed by atoms with E-state index in [2.05, 4.69) is 34.9 Å². The second-order valence-corrected chi connectivity index (χ2v) is 15.6. The van der Waals surface area contributed by atoms with Crippen LogP contribution in [0.15, 0.2) is 0 Å². The SMILES string of the molecule is CN(C)C(=O)C1CC(ONC(=O)[C@@H]2CC[C@@H]3CN2C(=O)N3OS(=O)(=O)O)CN1.COC(=O)[C@@H]1CC(ONC(=O)[C@@H]2CC[C@@H]3CN2C(=O)N3OS(=O)(=O)O)CN1. The number of likely N-dealkylation sites (N-methyl/N-ethyl adjacent to an activating group) is 1. The highest BCUT2D eigenvalue weighted by Crippen LogP contribution is 2.32. The quantitative estimate of drug-likeness (QED) is 0.0617. The third-order valence-electron chi connectivity index (χ3n) is 9.66. The molecule has 6 aliphatic heterocycles. The van der Waals surface area contributed by atoms with Gasteiger partial charge in [0.05, 0.1) is 37.4 Å². The molecule has 0 spiro atoms. The number of esters is 1. The summed E-state index contributed by atoms with van der Waals surface area (Å²) < 4.78 is 74.3. The van der Waals surface area contributed by atoms with Crippen molar-refractivity contribution in [3.05, 3.63) is 0 Å². The molecule has 6 heterocycles. The molecule has 0 aromatic rings. The van der Waals surface area contributed by atoms with Crippen LogP contribution in [0, 0.1) is 0 Å². The van der Waals surface area contributed by atoms with Gasteiger partial charge >= 0.3 is 38.8 Å². The summed E-state index contributed by atoms with van der Waals surface area (Å²) in [6.45, 7) is 0.903. The number of rotatable bonds is 12. The van der Waals surface area contributed by atoms with E-state index in [1.807, 2.05) is 0 Å². The Morgan fingerprint density at radius 1 is 0.727 bits per heavy atom. The number of carbonyl (C=O) groups excluding carboxylic acids is 6. The van der Waals surface area contributed by atoms with Crippen LogP contribution in [0.1, 0.15) is 38.5 Å². The normalized spacial score (nSPS) is 30.2. The van der Waals surface area contributed by atoms with E-state index in [4.69, 9.17) is 18.8 Å². The van der Waals surface area contributed by atoms with Crippen molar-refractivity contribution in [2.45, 2.75) is 87.0 Å². The Hall–Kier alpha value is -4.00. The van der Waals surface area contributed by atoms with Crippen LogP contribution in [-0.2, 0) is 63.0 Å². The number of hydroxylamine groups is 6. The van der Waals surface area contributed by atoms with Crippen LogP contribution in [0.25, 0.3) is 0 Å². The van der Waals surface area contributed by atoms with Gasteiger partial charge in [-0.05, 0) is 25.7 Å². The Bertz CT molecular complexity index is 1740. The van der Waals surface area contributed by atoms with E-state index in [-0.39, 0.29) is 31.8 Å². The Morgan fingerprint density at radius 3 is 1.55 bits per heavy atom. The molecule has 6 rings (SSSR count). The molecule has 6 saturated heterocycles. The van der Waals surface area contributed by atoms with E-state index in [1.165, 1.54) is 16.9 Å². The zero-order valence-corrected chi connectivity index (χ0v) is 31.4. The Balaban J connectivity index is 0.000000211. The average Bonchev–Trinajstić information content (AvgIpc) is 3.90. The second-order valence-electron chi connectivity index (χ2n) is 13.6. The number of hydrogen-bond acceptors (Lipinski definition) is 17. The number of ether oxygens (including phenoxy) is 1. The summed E-state index contributed by atoms with van der Waals surface area (Å²) in [5, 5.41) is 7.05. The number of hydrogen-bond donors (Lipinski definition) is 6. The van der Waals surface area contributed by atoms with Crippen molar-refractivity contribution in [1.29, 1.82) is 0 Å². The number of piperidine rings is 2. The van der Waals surface area contributed by atoms with E-state index in [9.17, 15) is 45.6 Å². The molecule has 0 saturated carbocycles. The molecule has 0 radical (unpaired) electrons. The molecular weight excluding hydrogens is 786 g/mol. The first-order valence-corrected chi connectivity index (χ1v) is 19.7. The molecule has 55 heavy (non-hydrogen) atoms. The monoisotopic (exact) mass is 829 g/mol. The van der Waals surface area contributed by atoms with Crippen LogP contribution in [0.3, 0.4) is 0 Å². The zero-order chi connectivity index (χ0) is 40.4. The molecule has 8 atom stereocenters. The molecule has 0 aromatic heterocycles. The van der Waals surface area contributed by atoms with Gasteiger partial charge in [-0.1, -0.05) is 0 Å². The lowest BCUT2D eigenvalue weighted by molar-refractivity contribution is -0.145. The topological polar surface area (TPSA) is 322 Å². The van der Waals surface area contributed by atoms with Crippen LogP contribution in [0.2, 0.25) is 0 Å². The van der Waals surface area contributed by atoms with Gasteiger partial charge < -0.3 is 30.1 Å². The van der Waals surface area contributed by atoms with Crippen molar-refractivity contribution in [1.82, 2.24) is 46.4 Å². The van der Waals surface area contributed by atoms with Crippen molar-refractivity contribution in [3.8, 4) is 0 Å². The lowest BCUT2D eigenvalue weighted by Crippen LogP contribution is -2.50. The fraction of sp³-hybridized carbons (Fsp3) is 0.778. The van der Waals surface area contributed by atoms with Crippen molar-refractivity contribution in [3.63, 3.8) is 0 Å². The first-order chi connectivity index (χ1) is 25.8. The number of nitrogens with zero attached hydrogens (tertiary/aromatic N) is 5. The summed E-state index contributed by atoms with van der Waals surface area (Å²) in [4.78, 5) is 87.2. The third kappa shape index (κ3) is 10.3. The molecule has 6 aliphatic rings. The minimum atomic E-state index is -4.84. The minimum absolute atomic E-state index is 0.0852. The molecule has 28 heteroatoms. The Morgan fingerprint density at radius 2 is 1.15 bits per heavy atom. The van der Waals surface area contributed by atoms with Gasteiger partial charge in [-0.2, -0.15) is 27.0 Å². The highest BCUT2D eigenvalue weighted by Gasteiger charge is 2.51. The molecular formula is C27H43N9O17S2. The standard InChI is InChI=1S/C14H23N5O8S.C13H20N4O9S/c1-17(2)13(21)10-5-9(6-15-10)26-16-12(20)11-4-3-8-7-18(11)14(22)19(8)27-28(23,24)25;1-24-12(19)9-4-8(5-14-9)25-15-11(18)10-3-2-7-6-16(10)13(20)17(7)26-27(21,22)23/h8-11,15H,3-7H2,1-2H3,(H,16,20)(H,23,24,25);7-10,14H,2-6H2,1H3,(H,15,18)(H,21,22,23)/t8-,9?,10?,11+;7-,8?,9+,10+/m11/s1. The molecule has 26 nitrogen and oxygen atoms in total. The van der Waals surface area contributed by atoms with Crippen LogP contribution < -0.4 is 21.6 Å². The average molecular weight is 830 g/mol. The number of methoxy groups -OCH3 is 1. The fourth-order valence-electron chi connectivity index (χ4n) is 7.03. The van der Waals surface area contributed by atoms with E-state index < -0.39 is 99.1 Å². The molecule has 310 valence electrons. The largest absolute Gasteiger partial charge is 0.468 e. The maximum atomic E-state index is 12.5. The number of nitrogens with one attached hydrogen (secondary N) is 4. The van der Waals surface area contributed by atoms with Crippen molar-refractivity contribution < 1.29 is 77.7 Å². The molecule has 4 bridgehead atoms. The summed E-state index contributed by atoms with van der Waals surface area (Å²) in [7, 11) is -5.11. The number of amides is 7. The Labute approximate surface area is 314 Å². The first kappa shape index (κ1) is 42.1. The lowest BCUT2D eigenvalue weighted by Gasteiger charge is -2.29. The van der Waals surface area contributed by atoms with E-state index >= 15 is 0 Å². The molecule has 0 aromatic carbocycles. The summed E-state index contributed by atoms with van der Waals surface area (Å²) >= 11 is 0. The fourth-order valence-corrected chi connectivity index (χ4v) is 7.81. The Kier molecular flexibility index (Phi) is 13.0. The summed E-state index contributed by atoms with van der Waals surface area (Å²) in [5.74, 6) is -1.63. The summed E-state index contributed by atoms with van der Waals surface area (Å²) in [6.07, 6.45) is 1.05. The number of carbonyl (C=O) groups is 6. The van der Waals surface area contributed by atoms with Gasteiger partial charge in [0.1, 0.15) is 18.1 Å². The highest BCUT2D eigenvalue weighted by atomic mass is 32.3. The van der Waals surface area contributed by atoms with E-state index in [0.717, 1.165) is 4.90 Å². The van der Waals surface area contributed by atoms with Crippen molar-refractivity contribution >= 4 is 56.6 Å². The number of urea groups is 2. The van der Waals surface area contributed by atoms with Gasteiger partial charge in [0.15, 0.2) is 0 Å². The minimum Gasteiger partial charge on any atom is -0.468 e. The van der Waals surface area contributed by atoms with Crippen molar-refractivity contribution in [2.24, 2.45) is 0 Å². The highest BCUT2D eigenvalue weighted by molar-refractivity contribution is 7.81. The molecule has 6 N–H and O–H groups in total. The van der Waals surface area contributed by atoms with Gasteiger partial charge in [0.2, 0.25) is 5.91 Å². The number of fused-ring (bicyclic) bond motifs is 4. The predicted octanol–water partition coefficient (Wildman–Crippen LogP) is -4.20. The maximum absolute atomic E-state index is 12.5. The zero-order valence-electron chi connectivity index (χ0n) is 29.8. The smallest absolute Gasteiger partial charge is 0.418 e. The molecule has 3 unspecified atom stereocenters. The molecule has 7 amide bonds. The van der Waals surface area contributed by atoms with Crippen LogP contribution in [-0.4, -0.2) is 182 Å². The molecule has 6 fully saturated rings. The maximum Gasteiger partial charge on any atom is 0.418 e. The van der Waals surface area contributed by atoms with Gasteiger partial charge in [-0.3, -0.25) is 38.0 Å². The van der Waals surface area contributed by atoms with Gasteiger partial charge in [0.25, 0.3) is 11.8 Å². The van der Waals surface area contributed by atoms with Gasteiger partial charge in [-0.25, -0.2) is 20.5 Å². The first-order valence-electron chi connectivity index (χ1n) is 17.0. The lowest BCUT2D eigenvalue weighted by atomic mass is 10.0. The second kappa shape index (κ2) is 17.0. The van der Waals surface area contributed by atoms with Crippen LogP contribution in [0.4, 0.5) is 9.59 Å². The summed E-state index contributed by atoms with van der Waals surface area (Å²) in [5.41, 5.74) is 4.61. The molecule has 0 aliphatic carbocycles. The third-order valence-corrected chi connectivity index (χ3v) is 10.4. The van der Waals surface area contributed by atoms with Gasteiger partial charge in [0, 0.05) is 53.1 Å². The van der Waals surface area contributed by atoms with E-state index in [1.54, 1.807) is 14.1 Å². The van der Waals surface area contributed by atoms with E-state index in [0.29, 0.717) is 48.9 Å². The van der Waals surface area contributed by atoms with Crippen molar-refractivity contribution in [2.75, 3.05) is 47.4 Å². The van der Waals surface area contributed by atoms with Crippen LogP contribution >= 0.6 is 0 Å². The predicted molar refractivity (Wildman–Crippen MR) is 176 cm³/mol. The summed E-state index contributed by atoms with van der Waals surface area (Å²) in [6, 6.07) is -5.43. The van der Waals surface area contributed by atoms with Gasteiger partial charge in [-0.15, -0.1) is 8.57 Å².